The number of furan rings is 1. The van der Waals surface area contributed by atoms with Crippen molar-refractivity contribution in [2.45, 2.75) is 6.61 Å². The average molecular weight is 733 g/mol. The number of halogens is 5. The van der Waals surface area contributed by atoms with Crippen LogP contribution in [0.1, 0.15) is 11.1 Å². The van der Waals surface area contributed by atoms with E-state index in [1.54, 1.807) is 60.8 Å². The summed E-state index contributed by atoms with van der Waals surface area (Å²) in [6.45, 7) is 0.283. The van der Waals surface area contributed by atoms with Gasteiger partial charge in [0.1, 0.15) is 17.9 Å². The minimum Gasteiger partial charge on any atom is -0.487 e. The molecule has 6 nitrogen and oxygen atoms in total. The molecule has 204 valence electrons. The first kappa shape index (κ1) is 28.0. The molecule has 0 N–H and O–H groups in total. The Morgan fingerprint density at radius 1 is 0.927 bits per heavy atom. The Morgan fingerprint density at radius 2 is 1.71 bits per heavy atom. The molecule has 6 aromatic rings. The van der Waals surface area contributed by atoms with E-state index in [0.29, 0.717) is 57.6 Å². The summed E-state index contributed by atoms with van der Waals surface area (Å²) in [6, 6.07) is 23.2. The molecule has 0 spiro atoms. The molecule has 0 aliphatic rings. The maximum Gasteiger partial charge on any atom is 0.282 e. The van der Waals surface area contributed by atoms with E-state index in [-0.39, 0.29) is 18.0 Å². The third-order valence-electron chi connectivity index (χ3n) is 6.16. The maximum absolute atomic E-state index is 13.6. The molecule has 0 saturated carbocycles. The van der Waals surface area contributed by atoms with Crippen LogP contribution in [0.15, 0.2) is 102 Å². The van der Waals surface area contributed by atoms with Crippen molar-refractivity contribution in [3.05, 3.63) is 124 Å². The second-order valence-corrected chi connectivity index (χ2v) is 11.9. The Morgan fingerprint density at radius 3 is 2.49 bits per heavy atom. The van der Waals surface area contributed by atoms with E-state index >= 15 is 0 Å². The minimum atomic E-state index is -0.333. The van der Waals surface area contributed by atoms with Crippen LogP contribution in [-0.4, -0.2) is 15.9 Å². The highest BCUT2D eigenvalue weighted by molar-refractivity contribution is 9.11. The average Bonchev–Trinajstić information content (AvgIpc) is 3.37. The highest BCUT2D eigenvalue weighted by atomic mass is 79.9. The smallest absolute Gasteiger partial charge is 0.282 e. The van der Waals surface area contributed by atoms with Crippen LogP contribution < -0.4 is 10.3 Å². The molecule has 4 aromatic carbocycles. The molecular formula is C30H16Br2Cl3N3O3. The Kier molecular flexibility index (Phi) is 7.94. The molecule has 0 radical (unpaired) electrons. The molecule has 2 aromatic heterocycles. The van der Waals surface area contributed by atoms with E-state index in [1.807, 2.05) is 24.3 Å². The lowest BCUT2D eigenvalue weighted by atomic mass is 10.2. The van der Waals surface area contributed by atoms with E-state index in [9.17, 15) is 4.79 Å². The summed E-state index contributed by atoms with van der Waals surface area (Å²) in [7, 11) is 0. The van der Waals surface area contributed by atoms with Crippen molar-refractivity contribution >= 4 is 94.7 Å². The van der Waals surface area contributed by atoms with Gasteiger partial charge in [-0.25, -0.2) is 4.98 Å². The van der Waals surface area contributed by atoms with Crippen LogP contribution in [0, 0.1) is 0 Å². The summed E-state index contributed by atoms with van der Waals surface area (Å²) in [6.07, 6.45) is 1.57. The molecule has 0 unspecified atom stereocenters. The van der Waals surface area contributed by atoms with Crippen molar-refractivity contribution in [2.75, 3.05) is 0 Å². The monoisotopic (exact) mass is 729 g/mol. The largest absolute Gasteiger partial charge is 0.487 e. The molecule has 0 fully saturated rings. The van der Waals surface area contributed by atoms with E-state index in [4.69, 9.17) is 48.9 Å². The van der Waals surface area contributed by atoms with Crippen molar-refractivity contribution in [1.82, 2.24) is 9.66 Å². The van der Waals surface area contributed by atoms with Crippen LogP contribution in [-0.2, 0) is 6.61 Å². The van der Waals surface area contributed by atoms with E-state index in [1.165, 1.54) is 4.68 Å². The van der Waals surface area contributed by atoms with Crippen molar-refractivity contribution in [3.63, 3.8) is 0 Å². The number of hydrogen-bond donors (Lipinski definition) is 0. The number of hydrogen-bond acceptors (Lipinski definition) is 5. The highest BCUT2D eigenvalue weighted by Crippen LogP contribution is 2.35. The fraction of sp³-hybridized carbons (Fsp3) is 0.0333. The zero-order valence-electron chi connectivity index (χ0n) is 20.7. The van der Waals surface area contributed by atoms with Crippen molar-refractivity contribution in [1.29, 1.82) is 0 Å². The summed E-state index contributed by atoms with van der Waals surface area (Å²) in [5.41, 5.74) is 2.39. The van der Waals surface area contributed by atoms with Crippen LogP contribution in [0.3, 0.4) is 0 Å². The lowest BCUT2D eigenvalue weighted by molar-refractivity contribution is 0.302. The van der Waals surface area contributed by atoms with Gasteiger partial charge in [-0.05, 0) is 104 Å². The number of nitrogens with zero attached hydrogens (tertiary/aromatic N) is 3. The topological polar surface area (TPSA) is 69.6 Å². The number of benzene rings is 4. The Bertz CT molecular complexity index is 2030. The zero-order valence-corrected chi connectivity index (χ0v) is 26.2. The molecule has 0 aliphatic carbocycles. The predicted octanol–water partition coefficient (Wildman–Crippen LogP) is 9.76. The summed E-state index contributed by atoms with van der Waals surface area (Å²) in [5.74, 6) is 1.24. The lowest BCUT2D eigenvalue weighted by Gasteiger charge is -2.12. The molecule has 0 bridgehead atoms. The van der Waals surface area contributed by atoms with Crippen molar-refractivity contribution in [3.8, 4) is 17.3 Å². The second-order valence-electron chi connectivity index (χ2n) is 8.96. The predicted molar refractivity (Wildman–Crippen MR) is 172 cm³/mol. The molecule has 6 rings (SSSR count). The van der Waals surface area contributed by atoms with Gasteiger partial charge in [-0.2, -0.15) is 9.78 Å². The SMILES string of the molecule is O=c1c2ccccc2nc(-c2cc3cc(Cl)ccc3o2)n1N=Cc1cc(Br)c(OCc2ccc(Cl)c(Cl)c2)c(Br)c1. The van der Waals surface area contributed by atoms with Crippen LogP contribution in [0.5, 0.6) is 5.75 Å². The maximum atomic E-state index is 13.6. The van der Waals surface area contributed by atoms with Gasteiger partial charge in [0.2, 0.25) is 5.82 Å². The van der Waals surface area contributed by atoms with Crippen LogP contribution in [0.4, 0.5) is 0 Å². The van der Waals surface area contributed by atoms with E-state index in [0.717, 1.165) is 10.9 Å². The third kappa shape index (κ3) is 5.80. The second kappa shape index (κ2) is 11.6. The standard InChI is InChI=1S/C30H16Br2Cl3N3O3/c31-21-9-17(10-22(32)28(21)40-15-16-5-7-23(34)24(35)11-16)14-36-38-29(37-25-4-2-1-3-20(25)30(38)39)27-13-18-12-19(33)6-8-26(18)41-27/h1-14H,15H2. The fourth-order valence-electron chi connectivity index (χ4n) is 4.22. The van der Waals surface area contributed by atoms with Gasteiger partial charge >= 0.3 is 0 Å². The number of aromatic nitrogens is 2. The van der Waals surface area contributed by atoms with Gasteiger partial charge < -0.3 is 9.15 Å². The number of ether oxygens (including phenoxy) is 1. The highest BCUT2D eigenvalue weighted by Gasteiger charge is 2.17. The van der Waals surface area contributed by atoms with Crippen molar-refractivity contribution < 1.29 is 9.15 Å². The summed E-state index contributed by atoms with van der Waals surface area (Å²) in [4.78, 5) is 18.3. The van der Waals surface area contributed by atoms with Crippen LogP contribution in [0.2, 0.25) is 15.1 Å². The molecular weight excluding hydrogens is 717 g/mol. The number of rotatable bonds is 6. The van der Waals surface area contributed by atoms with Gasteiger partial charge in [0.25, 0.3) is 5.56 Å². The number of para-hydroxylation sites is 1. The summed E-state index contributed by atoms with van der Waals surface area (Å²) < 4.78 is 14.7. The molecule has 2 heterocycles. The first-order valence-corrected chi connectivity index (χ1v) is 14.8. The first-order chi connectivity index (χ1) is 19.8. The molecule has 0 saturated heterocycles. The van der Waals surface area contributed by atoms with Gasteiger partial charge in [-0.1, -0.05) is 53.0 Å². The normalized spacial score (nSPS) is 11.6. The van der Waals surface area contributed by atoms with Gasteiger partial charge in [-0.15, -0.1) is 0 Å². The van der Waals surface area contributed by atoms with Crippen molar-refractivity contribution in [2.24, 2.45) is 5.10 Å². The molecule has 11 heteroatoms. The fourth-order valence-corrected chi connectivity index (χ4v) is 6.17. The summed E-state index contributed by atoms with van der Waals surface area (Å²) >= 11 is 25.5. The van der Waals surface area contributed by atoms with Crippen LogP contribution in [0.25, 0.3) is 33.5 Å². The zero-order chi connectivity index (χ0) is 28.7. The molecule has 0 amide bonds. The quantitative estimate of drug-likeness (QED) is 0.160. The van der Waals surface area contributed by atoms with Gasteiger partial charge in [0.15, 0.2) is 5.76 Å². The minimum absolute atomic E-state index is 0.261. The summed E-state index contributed by atoms with van der Waals surface area (Å²) in [5, 5.41) is 7.27. The van der Waals surface area contributed by atoms with Gasteiger partial charge in [0, 0.05) is 10.4 Å². The Hall–Kier alpha value is -3.14. The first-order valence-electron chi connectivity index (χ1n) is 12.1. The molecule has 0 atom stereocenters. The van der Waals surface area contributed by atoms with Gasteiger partial charge in [0.05, 0.1) is 36.1 Å². The molecule has 41 heavy (non-hydrogen) atoms. The Labute approximate surface area is 265 Å². The van der Waals surface area contributed by atoms with E-state index in [2.05, 4.69) is 37.0 Å². The Balaban J connectivity index is 1.36. The molecule has 0 aliphatic heterocycles. The van der Waals surface area contributed by atoms with E-state index < -0.39 is 0 Å². The third-order valence-corrected chi connectivity index (χ3v) is 8.31. The number of fused-ring (bicyclic) bond motifs is 2. The van der Waals surface area contributed by atoms with Gasteiger partial charge in [-0.3, -0.25) is 4.79 Å². The van der Waals surface area contributed by atoms with Crippen LogP contribution >= 0.6 is 66.7 Å². The lowest BCUT2D eigenvalue weighted by Crippen LogP contribution is -2.20.